The quantitative estimate of drug-likeness (QED) is 0.341. The molecular weight excluding hydrogens is 751 g/mol. The zero-order valence-corrected chi connectivity index (χ0v) is 32.7. The Morgan fingerprint density at radius 3 is 2.29 bits per heavy atom. The summed E-state index contributed by atoms with van der Waals surface area (Å²) in [6.07, 6.45) is 3.42. The Labute approximate surface area is 341 Å². The molecule has 7 aliphatic rings. The number of para-hydroxylation sites is 1. The molecule has 5 amide bonds. The summed E-state index contributed by atoms with van der Waals surface area (Å²) >= 11 is 0. The van der Waals surface area contributed by atoms with Crippen LogP contribution < -0.4 is 20.7 Å². The molecule has 4 saturated heterocycles. The van der Waals surface area contributed by atoms with Crippen LogP contribution in [-0.2, 0) is 16.1 Å². The minimum Gasteiger partial charge on any atom is -0.457 e. The van der Waals surface area contributed by atoms with Crippen LogP contribution in [0.2, 0.25) is 0 Å². The average molecular weight is 798 g/mol. The minimum absolute atomic E-state index is 0.103. The van der Waals surface area contributed by atoms with E-state index in [1.807, 2.05) is 76.5 Å². The van der Waals surface area contributed by atoms with Crippen LogP contribution in [0.25, 0.3) is 0 Å². The van der Waals surface area contributed by atoms with E-state index >= 15 is 0 Å². The van der Waals surface area contributed by atoms with E-state index in [0.717, 1.165) is 73.0 Å². The normalized spacial score (nSPS) is 25.1. The third-order valence-electron chi connectivity index (χ3n) is 12.9. The van der Waals surface area contributed by atoms with Crippen LogP contribution in [0.4, 0.5) is 10.5 Å². The van der Waals surface area contributed by atoms with Crippen molar-refractivity contribution < 1.29 is 23.9 Å². The second-order valence-electron chi connectivity index (χ2n) is 16.3. The van der Waals surface area contributed by atoms with Gasteiger partial charge in [-0.3, -0.25) is 29.6 Å². The Bertz CT molecular complexity index is 2240. The number of anilines is 1. The number of piperidine rings is 2. The summed E-state index contributed by atoms with van der Waals surface area (Å²) in [7, 11) is 0. The molecule has 10 rings (SSSR count). The fraction of sp³-hybridized carbons (Fsp3) is 0.419. The molecule has 7 heterocycles. The molecule has 16 nitrogen and oxygen atoms in total. The fourth-order valence-electron chi connectivity index (χ4n) is 9.54. The van der Waals surface area contributed by atoms with Gasteiger partial charge in [0.25, 0.3) is 5.91 Å². The van der Waals surface area contributed by atoms with E-state index in [2.05, 4.69) is 31.2 Å². The van der Waals surface area contributed by atoms with E-state index in [9.17, 15) is 19.2 Å². The van der Waals surface area contributed by atoms with E-state index < -0.39 is 11.9 Å². The number of nitrogens with zero attached hydrogens (tertiary/aromatic N) is 9. The molecule has 0 bridgehead atoms. The van der Waals surface area contributed by atoms with Gasteiger partial charge in [0.15, 0.2) is 6.17 Å². The van der Waals surface area contributed by atoms with Gasteiger partial charge < -0.3 is 30.1 Å². The van der Waals surface area contributed by atoms with Crippen LogP contribution in [0.1, 0.15) is 47.2 Å². The number of imide groups is 1. The number of amidine groups is 1. The van der Waals surface area contributed by atoms with Crippen molar-refractivity contribution in [2.45, 2.75) is 56.5 Å². The molecule has 3 aromatic rings. The maximum absolute atomic E-state index is 13.8. The van der Waals surface area contributed by atoms with E-state index in [-0.39, 0.29) is 42.4 Å². The summed E-state index contributed by atoms with van der Waals surface area (Å²) in [5.41, 5.74) is 10.9. The Kier molecular flexibility index (Phi) is 9.50. The van der Waals surface area contributed by atoms with Crippen LogP contribution in [0.15, 0.2) is 87.9 Å². The number of hydrogen-bond acceptors (Lipinski definition) is 12. The smallest absolute Gasteiger partial charge is 0.320 e. The highest BCUT2D eigenvalue weighted by molar-refractivity contribution is 6.17. The summed E-state index contributed by atoms with van der Waals surface area (Å²) < 4.78 is 6.00. The van der Waals surface area contributed by atoms with Gasteiger partial charge in [0, 0.05) is 82.6 Å². The number of nitrogens with one attached hydrogen (secondary N) is 1. The number of aliphatic imine (C=N–C) groups is 2. The standard InChI is InChI=1S/C43H47N11O5/c44-39-37-38(27-6-9-33(10-7-27)59-32-4-2-1-3-5-32)48-54(40(37)46-26-45-39)29-14-16-50(17-15-29)43(58)51-20-18-49(19-21-51)31-24-52(25-31)30-8-11-34-28(22-30)23-53(42(34)57)35-12-13-36(55)47-41(35)56/h1-11,22,26,29,31,35,37,40H,12-21,23-25H2,(H2,44,45,46)(H,47,55,56). The molecule has 0 aliphatic carbocycles. The van der Waals surface area contributed by atoms with E-state index in [1.54, 1.807) is 4.90 Å². The number of hydrazone groups is 1. The van der Waals surface area contributed by atoms with Gasteiger partial charge in [0.05, 0.1) is 11.8 Å². The van der Waals surface area contributed by atoms with Gasteiger partial charge >= 0.3 is 6.03 Å². The molecule has 0 aromatic heterocycles. The molecular formula is C43H47N11O5. The predicted octanol–water partition coefficient (Wildman–Crippen LogP) is 2.69. The molecule has 3 N–H and O–H groups in total. The lowest BCUT2D eigenvalue weighted by molar-refractivity contribution is -0.136. The molecule has 304 valence electrons. The Morgan fingerprint density at radius 1 is 0.814 bits per heavy atom. The molecule has 0 spiro atoms. The number of amides is 5. The van der Waals surface area contributed by atoms with E-state index in [0.29, 0.717) is 56.6 Å². The van der Waals surface area contributed by atoms with Gasteiger partial charge in [-0.2, -0.15) is 5.10 Å². The number of likely N-dealkylation sites (tertiary alicyclic amines) is 1. The SMILES string of the molecule is NC1=NC=NC2C1C(c1ccc(Oc3ccccc3)cc1)=NN2C1CCN(C(=O)N2CCN(C3CN(c4ccc5c(c4)CN(C4CCC(=O)NC4=O)C5=O)C3)CC2)CC1. The lowest BCUT2D eigenvalue weighted by atomic mass is 9.92. The summed E-state index contributed by atoms with van der Waals surface area (Å²) in [5.74, 6) is 0.910. The van der Waals surface area contributed by atoms with Crippen LogP contribution in [-0.4, -0.2) is 143 Å². The fourth-order valence-corrected chi connectivity index (χ4v) is 9.54. The zero-order chi connectivity index (χ0) is 40.2. The Balaban J connectivity index is 0.704. The largest absolute Gasteiger partial charge is 0.457 e. The number of benzene rings is 3. The number of fused-ring (bicyclic) bond motifs is 2. The number of carbonyl (C=O) groups is 4. The highest BCUT2D eigenvalue weighted by atomic mass is 16.5. The molecule has 3 aromatic carbocycles. The highest BCUT2D eigenvalue weighted by Gasteiger charge is 2.46. The number of nitrogens with two attached hydrogens (primary N) is 1. The van der Waals surface area contributed by atoms with Crippen molar-refractivity contribution in [3.8, 4) is 11.5 Å². The molecule has 0 radical (unpaired) electrons. The minimum atomic E-state index is -0.617. The van der Waals surface area contributed by atoms with Gasteiger partial charge in [-0.05, 0) is 85.0 Å². The first-order valence-electron chi connectivity index (χ1n) is 20.6. The van der Waals surface area contributed by atoms with Crippen LogP contribution in [0.5, 0.6) is 11.5 Å². The zero-order valence-electron chi connectivity index (χ0n) is 32.7. The topological polar surface area (TPSA) is 172 Å². The average Bonchev–Trinajstić information content (AvgIpc) is 3.79. The number of urea groups is 1. The number of piperazine rings is 1. The van der Waals surface area contributed by atoms with Crippen molar-refractivity contribution in [2.75, 3.05) is 57.3 Å². The summed E-state index contributed by atoms with van der Waals surface area (Å²) in [5, 5.41) is 9.59. The highest BCUT2D eigenvalue weighted by Crippen LogP contribution is 2.36. The van der Waals surface area contributed by atoms with Crippen molar-refractivity contribution in [1.29, 1.82) is 0 Å². The van der Waals surface area contributed by atoms with Crippen LogP contribution in [0.3, 0.4) is 0 Å². The number of carbonyl (C=O) groups excluding carboxylic acids is 4. The number of ether oxygens (including phenoxy) is 1. The number of rotatable bonds is 7. The van der Waals surface area contributed by atoms with Crippen LogP contribution >= 0.6 is 0 Å². The molecule has 3 unspecified atom stereocenters. The maximum atomic E-state index is 13.8. The van der Waals surface area contributed by atoms with Gasteiger partial charge in [-0.1, -0.05) is 18.2 Å². The van der Waals surface area contributed by atoms with Crippen molar-refractivity contribution in [3.05, 3.63) is 89.5 Å². The second-order valence-corrected chi connectivity index (χ2v) is 16.3. The molecule has 7 aliphatic heterocycles. The maximum Gasteiger partial charge on any atom is 0.320 e. The number of hydrogen-bond donors (Lipinski definition) is 2. The molecule has 3 atom stereocenters. The summed E-state index contributed by atoms with van der Waals surface area (Å²) in [6.45, 7) is 6.47. The first kappa shape index (κ1) is 37.0. The van der Waals surface area contributed by atoms with Gasteiger partial charge in [0.1, 0.15) is 35.6 Å². The monoisotopic (exact) mass is 797 g/mol. The lowest BCUT2D eigenvalue weighted by Crippen LogP contribution is -2.64. The van der Waals surface area contributed by atoms with E-state index in [1.165, 1.54) is 6.34 Å². The Hall–Kier alpha value is -6.29. The summed E-state index contributed by atoms with van der Waals surface area (Å²) in [4.78, 5) is 70.4. The molecule has 59 heavy (non-hydrogen) atoms. The molecule has 4 fully saturated rings. The van der Waals surface area contributed by atoms with Crippen LogP contribution in [0, 0.1) is 5.92 Å². The van der Waals surface area contributed by atoms with Gasteiger partial charge in [-0.25, -0.2) is 14.8 Å². The van der Waals surface area contributed by atoms with Crippen molar-refractivity contribution in [2.24, 2.45) is 26.7 Å². The first-order chi connectivity index (χ1) is 28.8. The van der Waals surface area contributed by atoms with Gasteiger partial charge in [0.2, 0.25) is 11.8 Å². The third-order valence-corrected chi connectivity index (χ3v) is 12.9. The van der Waals surface area contributed by atoms with Crippen molar-refractivity contribution in [3.63, 3.8) is 0 Å². The first-order valence-corrected chi connectivity index (χ1v) is 20.6. The van der Waals surface area contributed by atoms with Crippen molar-refractivity contribution in [1.82, 2.24) is 29.9 Å². The Morgan fingerprint density at radius 2 is 1.54 bits per heavy atom. The lowest BCUT2D eigenvalue weighted by Gasteiger charge is -2.49. The molecule has 16 heteroatoms. The third kappa shape index (κ3) is 6.94. The van der Waals surface area contributed by atoms with Crippen molar-refractivity contribution >= 4 is 47.3 Å². The van der Waals surface area contributed by atoms with Gasteiger partial charge in [-0.15, -0.1) is 0 Å². The second kappa shape index (κ2) is 15.1. The van der Waals surface area contributed by atoms with E-state index in [4.69, 9.17) is 20.6 Å². The summed E-state index contributed by atoms with van der Waals surface area (Å²) in [6, 6.07) is 23.5. The predicted molar refractivity (Wildman–Crippen MR) is 220 cm³/mol. The molecule has 0 saturated carbocycles.